The molecule has 0 bridgehead atoms. The summed E-state index contributed by atoms with van der Waals surface area (Å²) in [6.45, 7) is 6.51. The summed E-state index contributed by atoms with van der Waals surface area (Å²) < 4.78 is 0. The van der Waals surface area contributed by atoms with Gasteiger partial charge >= 0.3 is 5.97 Å². The van der Waals surface area contributed by atoms with Crippen molar-refractivity contribution in [2.45, 2.75) is 46.5 Å². The molecule has 0 aromatic carbocycles. The van der Waals surface area contributed by atoms with E-state index in [1.165, 1.54) is 0 Å². The number of carbonyl (C=O) groups excluding carboxylic acids is 1. The lowest BCUT2D eigenvalue weighted by molar-refractivity contribution is -0.276. The lowest BCUT2D eigenvalue weighted by Crippen LogP contribution is -2.16. The van der Waals surface area contributed by atoms with Gasteiger partial charge in [-0.15, -0.1) is 0 Å². The molecule has 13 heavy (non-hydrogen) atoms. The number of rotatable bonds is 7. The maximum atomic E-state index is 11.2. The zero-order valence-electron chi connectivity index (χ0n) is 8.84. The normalized spacial score (nSPS) is 10.5. The topological polar surface area (TPSA) is 35.5 Å². The molecule has 0 aliphatic rings. The van der Waals surface area contributed by atoms with Gasteiger partial charge in [0.25, 0.3) is 0 Å². The minimum absolute atomic E-state index is 0.0124. The van der Waals surface area contributed by atoms with Gasteiger partial charge in [0.2, 0.25) is 0 Å². The van der Waals surface area contributed by atoms with Gasteiger partial charge in [0.1, 0.15) is 0 Å². The molecule has 0 heterocycles. The molecule has 3 heteroatoms. The van der Waals surface area contributed by atoms with Gasteiger partial charge < -0.3 is 0 Å². The Morgan fingerprint density at radius 1 is 1.23 bits per heavy atom. The molecule has 0 aromatic rings. The predicted octanol–water partition coefficient (Wildman–Crippen LogP) is 2.70. The molecule has 0 saturated carbocycles. The van der Waals surface area contributed by atoms with E-state index in [1.54, 1.807) is 0 Å². The van der Waals surface area contributed by atoms with Crippen LogP contribution < -0.4 is 0 Å². The third-order valence-corrected chi connectivity index (χ3v) is 2.04. The Hall–Kier alpha value is -0.570. The van der Waals surface area contributed by atoms with E-state index < -0.39 is 0 Å². The third-order valence-electron chi connectivity index (χ3n) is 2.04. The van der Waals surface area contributed by atoms with Crippen molar-refractivity contribution in [3.63, 3.8) is 0 Å². The van der Waals surface area contributed by atoms with Crippen LogP contribution in [-0.4, -0.2) is 12.6 Å². The molecule has 0 radical (unpaired) electrons. The Balaban J connectivity index is 3.48. The SMILES string of the molecule is CCCCOOC(=O)C(CC)CC. The average molecular weight is 188 g/mol. The van der Waals surface area contributed by atoms with Crippen molar-refractivity contribution in [3.8, 4) is 0 Å². The molecular formula is C10H20O3. The minimum Gasteiger partial charge on any atom is -0.298 e. The van der Waals surface area contributed by atoms with Crippen LogP contribution in [0.3, 0.4) is 0 Å². The highest BCUT2D eigenvalue weighted by atomic mass is 17.2. The van der Waals surface area contributed by atoms with E-state index in [1.807, 2.05) is 13.8 Å². The second-order valence-corrected chi connectivity index (χ2v) is 3.09. The van der Waals surface area contributed by atoms with E-state index in [0.29, 0.717) is 6.61 Å². The highest BCUT2D eigenvalue weighted by Crippen LogP contribution is 2.09. The summed E-state index contributed by atoms with van der Waals surface area (Å²) in [5.41, 5.74) is 0. The fourth-order valence-electron chi connectivity index (χ4n) is 0.993. The minimum atomic E-state index is -0.235. The van der Waals surface area contributed by atoms with Gasteiger partial charge in [-0.05, 0) is 19.3 Å². The molecule has 0 aromatic heterocycles. The molecule has 0 N–H and O–H groups in total. The van der Waals surface area contributed by atoms with Gasteiger partial charge in [-0.1, -0.05) is 27.2 Å². The average Bonchev–Trinajstić information content (AvgIpc) is 2.14. The Kier molecular flexibility index (Phi) is 7.69. The first-order valence-corrected chi connectivity index (χ1v) is 5.09. The highest BCUT2D eigenvalue weighted by Gasteiger charge is 2.16. The van der Waals surface area contributed by atoms with Crippen LogP contribution in [0.4, 0.5) is 0 Å². The highest BCUT2D eigenvalue weighted by molar-refractivity contribution is 5.71. The van der Waals surface area contributed by atoms with Crippen LogP contribution in [0.25, 0.3) is 0 Å². The monoisotopic (exact) mass is 188 g/mol. The summed E-state index contributed by atoms with van der Waals surface area (Å²) in [7, 11) is 0. The first-order valence-electron chi connectivity index (χ1n) is 5.09. The quantitative estimate of drug-likeness (QED) is 0.350. The third kappa shape index (κ3) is 5.64. The first kappa shape index (κ1) is 12.4. The summed E-state index contributed by atoms with van der Waals surface area (Å²) >= 11 is 0. The van der Waals surface area contributed by atoms with Gasteiger partial charge in [0.05, 0.1) is 12.5 Å². The molecule has 0 aliphatic heterocycles. The van der Waals surface area contributed by atoms with Gasteiger partial charge in [-0.25, -0.2) is 4.79 Å². The summed E-state index contributed by atoms with van der Waals surface area (Å²) in [5, 5.41) is 0. The summed E-state index contributed by atoms with van der Waals surface area (Å²) in [6, 6.07) is 0. The van der Waals surface area contributed by atoms with E-state index in [4.69, 9.17) is 4.89 Å². The summed E-state index contributed by atoms with van der Waals surface area (Å²) in [4.78, 5) is 20.6. The van der Waals surface area contributed by atoms with Gasteiger partial charge in [-0.3, -0.25) is 4.89 Å². The first-order chi connectivity index (χ1) is 6.26. The molecule has 0 atom stereocenters. The van der Waals surface area contributed by atoms with Crippen molar-refractivity contribution >= 4 is 5.97 Å². The lowest BCUT2D eigenvalue weighted by Gasteiger charge is -2.09. The zero-order valence-corrected chi connectivity index (χ0v) is 8.84. The van der Waals surface area contributed by atoms with Crippen LogP contribution >= 0.6 is 0 Å². The second kappa shape index (κ2) is 8.05. The van der Waals surface area contributed by atoms with Crippen molar-refractivity contribution in [3.05, 3.63) is 0 Å². The van der Waals surface area contributed by atoms with Crippen LogP contribution in [0.1, 0.15) is 46.5 Å². The molecule has 0 amide bonds. The van der Waals surface area contributed by atoms with E-state index in [-0.39, 0.29) is 11.9 Å². The van der Waals surface area contributed by atoms with Crippen LogP contribution in [0.5, 0.6) is 0 Å². The Morgan fingerprint density at radius 3 is 2.31 bits per heavy atom. The standard InChI is InChI=1S/C10H20O3/c1-4-7-8-12-13-10(11)9(5-2)6-3/h9H,4-8H2,1-3H3. The van der Waals surface area contributed by atoms with E-state index in [0.717, 1.165) is 25.7 Å². The molecule has 3 nitrogen and oxygen atoms in total. The molecule has 78 valence electrons. The number of hydrogen-bond acceptors (Lipinski definition) is 3. The molecule has 0 spiro atoms. The fraction of sp³-hybridized carbons (Fsp3) is 0.900. The Labute approximate surface area is 80.3 Å². The van der Waals surface area contributed by atoms with Crippen molar-refractivity contribution in [2.24, 2.45) is 5.92 Å². The van der Waals surface area contributed by atoms with Crippen molar-refractivity contribution in [1.29, 1.82) is 0 Å². The predicted molar refractivity (Wildman–Crippen MR) is 51.0 cm³/mol. The van der Waals surface area contributed by atoms with Crippen molar-refractivity contribution in [2.75, 3.05) is 6.61 Å². The maximum Gasteiger partial charge on any atom is 0.345 e. The van der Waals surface area contributed by atoms with Crippen molar-refractivity contribution < 1.29 is 14.6 Å². The Bertz CT molecular complexity index is 130. The van der Waals surface area contributed by atoms with Crippen LogP contribution in [-0.2, 0) is 14.6 Å². The van der Waals surface area contributed by atoms with E-state index in [2.05, 4.69) is 11.8 Å². The van der Waals surface area contributed by atoms with Crippen LogP contribution in [0.2, 0.25) is 0 Å². The van der Waals surface area contributed by atoms with Crippen LogP contribution in [0, 0.1) is 5.92 Å². The lowest BCUT2D eigenvalue weighted by atomic mass is 10.0. The van der Waals surface area contributed by atoms with Crippen molar-refractivity contribution in [1.82, 2.24) is 0 Å². The van der Waals surface area contributed by atoms with E-state index in [9.17, 15) is 4.79 Å². The number of carbonyl (C=O) groups is 1. The van der Waals surface area contributed by atoms with Gasteiger partial charge in [0.15, 0.2) is 0 Å². The molecule has 0 fully saturated rings. The molecule has 0 saturated heterocycles. The smallest absolute Gasteiger partial charge is 0.298 e. The largest absolute Gasteiger partial charge is 0.345 e. The second-order valence-electron chi connectivity index (χ2n) is 3.09. The van der Waals surface area contributed by atoms with Gasteiger partial charge in [-0.2, -0.15) is 4.89 Å². The molecular weight excluding hydrogens is 168 g/mol. The van der Waals surface area contributed by atoms with Crippen LogP contribution in [0.15, 0.2) is 0 Å². The summed E-state index contributed by atoms with van der Waals surface area (Å²) in [5.74, 6) is -0.247. The van der Waals surface area contributed by atoms with Gasteiger partial charge in [0, 0.05) is 0 Å². The number of hydrogen-bond donors (Lipinski definition) is 0. The Morgan fingerprint density at radius 2 is 1.85 bits per heavy atom. The molecule has 0 rings (SSSR count). The van der Waals surface area contributed by atoms with E-state index >= 15 is 0 Å². The summed E-state index contributed by atoms with van der Waals surface area (Å²) in [6.07, 6.45) is 3.59. The molecule has 0 aliphatic carbocycles. The number of unbranched alkanes of at least 4 members (excludes halogenated alkanes) is 1. The molecule has 0 unspecified atom stereocenters. The zero-order chi connectivity index (χ0) is 10.1. The maximum absolute atomic E-state index is 11.2. The fourth-order valence-corrected chi connectivity index (χ4v) is 0.993.